The number of aliphatic hydroxyl groups is 4. The lowest BCUT2D eigenvalue weighted by Crippen LogP contribution is -2.18. The van der Waals surface area contributed by atoms with Crippen LogP contribution in [0.25, 0.3) is 0 Å². The van der Waals surface area contributed by atoms with E-state index in [-0.39, 0.29) is 13.2 Å². The van der Waals surface area contributed by atoms with Gasteiger partial charge in [0, 0.05) is 13.0 Å². The van der Waals surface area contributed by atoms with Crippen LogP contribution in [0.1, 0.15) is 6.42 Å². The number of primary amides is 2. The molecule has 0 spiro atoms. The summed E-state index contributed by atoms with van der Waals surface area (Å²) >= 11 is 0. The second kappa shape index (κ2) is 10.4. The second-order valence-electron chi connectivity index (χ2n) is 2.24. The fourth-order valence-electron chi connectivity index (χ4n) is 0.384. The van der Waals surface area contributed by atoms with E-state index in [9.17, 15) is 0 Å². The van der Waals surface area contributed by atoms with Crippen LogP contribution in [-0.4, -0.2) is 46.3 Å². The van der Waals surface area contributed by atoms with Gasteiger partial charge in [0.05, 0.1) is 6.61 Å². The highest BCUT2D eigenvalue weighted by Gasteiger charge is 2.02. The normalized spacial score (nSPS) is 10.8. The summed E-state index contributed by atoms with van der Waals surface area (Å²) in [5.74, 6) is -1.30. The maximum atomic E-state index is 9.00. The molecule has 0 aromatic heterocycles. The van der Waals surface area contributed by atoms with Gasteiger partial charge in [0.25, 0.3) is 0 Å². The van der Waals surface area contributed by atoms with Crippen LogP contribution in [0.3, 0.4) is 0 Å². The highest BCUT2D eigenvalue weighted by molar-refractivity contribution is 5.69. The Hall–Kier alpha value is -1.67. The molecule has 8 nitrogen and oxygen atoms in total. The van der Waals surface area contributed by atoms with Crippen LogP contribution in [0.2, 0.25) is 0 Å². The SMILES string of the molecule is NC(N)=O.OCCCOC(O)=C(O)CO. The first-order valence-electron chi connectivity index (χ1n) is 3.96. The fraction of sp³-hybridized carbons (Fsp3) is 0.571. The van der Waals surface area contributed by atoms with E-state index in [1.165, 1.54) is 0 Å². The van der Waals surface area contributed by atoms with Gasteiger partial charge in [-0.2, -0.15) is 0 Å². The molecule has 0 atom stereocenters. The minimum atomic E-state index is -0.833. The molecule has 0 aromatic carbocycles. The van der Waals surface area contributed by atoms with Gasteiger partial charge in [-0.05, 0) is 0 Å². The third-order valence-corrected chi connectivity index (χ3v) is 0.938. The number of hydrogen-bond acceptors (Lipinski definition) is 6. The summed E-state index contributed by atoms with van der Waals surface area (Å²) in [5, 5.41) is 33.9. The summed E-state index contributed by atoms with van der Waals surface area (Å²) in [6.45, 7) is -0.607. The van der Waals surface area contributed by atoms with Crippen LogP contribution in [0.5, 0.6) is 0 Å². The maximum Gasteiger partial charge on any atom is 0.318 e. The number of amides is 2. The molecule has 0 aliphatic rings. The largest absolute Gasteiger partial charge is 0.504 e. The van der Waals surface area contributed by atoms with Crippen molar-refractivity contribution in [3.63, 3.8) is 0 Å². The summed E-state index contributed by atoms with van der Waals surface area (Å²) < 4.78 is 4.50. The summed E-state index contributed by atoms with van der Waals surface area (Å²) in [4.78, 5) is 9.00. The Labute approximate surface area is 86.4 Å². The number of carbonyl (C=O) groups excluding carboxylic acids is 1. The molecule has 0 heterocycles. The third-order valence-electron chi connectivity index (χ3n) is 0.938. The van der Waals surface area contributed by atoms with Crippen LogP contribution in [0.15, 0.2) is 11.7 Å². The van der Waals surface area contributed by atoms with Crippen molar-refractivity contribution in [2.24, 2.45) is 11.5 Å². The smallest absolute Gasteiger partial charge is 0.318 e. The number of urea groups is 1. The summed E-state index contributed by atoms with van der Waals surface area (Å²) in [6, 6.07) is -0.833. The molecule has 0 rings (SSSR count). The van der Waals surface area contributed by atoms with Crippen molar-refractivity contribution >= 4 is 6.03 Å². The van der Waals surface area contributed by atoms with Crippen molar-refractivity contribution in [3.8, 4) is 0 Å². The first-order chi connectivity index (χ1) is 6.95. The van der Waals surface area contributed by atoms with E-state index >= 15 is 0 Å². The van der Waals surface area contributed by atoms with Gasteiger partial charge < -0.3 is 36.6 Å². The summed E-state index contributed by atoms with van der Waals surface area (Å²) in [7, 11) is 0. The first kappa shape index (κ1) is 15.8. The van der Waals surface area contributed by atoms with E-state index in [0.29, 0.717) is 6.42 Å². The van der Waals surface area contributed by atoms with Crippen LogP contribution >= 0.6 is 0 Å². The van der Waals surface area contributed by atoms with Crippen molar-refractivity contribution in [1.82, 2.24) is 0 Å². The molecule has 90 valence electrons. The number of carbonyl (C=O) groups is 1. The molecule has 0 saturated carbocycles. The minimum Gasteiger partial charge on any atom is -0.504 e. The zero-order chi connectivity index (χ0) is 12.3. The van der Waals surface area contributed by atoms with Crippen molar-refractivity contribution in [3.05, 3.63) is 11.7 Å². The van der Waals surface area contributed by atoms with Crippen LogP contribution in [0.4, 0.5) is 4.79 Å². The second-order valence-corrected chi connectivity index (χ2v) is 2.24. The van der Waals surface area contributed by atoms with Gasteiger partial charge in [0.1, 0.15) is 6.61 Å². The van der Waals surface area contributed by atoms with E-state index in [2.05, 4.69) is 16.2 Å². The molecule has 0 aromatic rings. The quantitative estimate of drug-likeness (QED) is 0.251. The molecular formula is C7H16N2O6. The topological polar surface area (TPSA) is 159 Å². The predicted molar refractivity (Wildman–Crippen MR) is 50.8 cm³/mol. The standard InChI is InChI=1S/C6H12O5.CH4N2O/c7-2-1-3-11-6(10)5(9)4-8;2-1(3)4/h7-10H,1-4H2;(H4,2,3,4). The average Bonchev–Trinajstić information content (AvgIpc) is 2.16. The molecule has 2 amide bonds. The van der Waals surface area contributed by atoms with E-state index in [1.807, 2.05) is 0 Å². The Kier molecular flexibility index (Phi) is 11.0. The molecule has 0 radical (unpaired) electrons. The fourth-order valence-corrected chi connectivity index (χ4v) is 0.384. The average molecular weight is 224 g/mol. The molecule has 8 heteroatoms. The number of ether oxygens (including phenoxy) is 1. The van der Waals surface area contributed by atoms with Gasteiger partial charge in [-0.25, -0.2) is 4.79 Å². The Morgan fingerprint density at radius 3 is 2.00 bits per heavy atom. The molecule has 0 aliphatic heterocycles. The highest BCUT2D eigenvalue weighted by atomic mass is 16.6. The van der Waals surface area contributed by atoms with Crippen LogP contribution in [0, 0.1) is 0 Å². The summed E-state index contributed by atoms with van der Waals surface area (Å²) in [6.07, 6.45) is 0.364. The number of nitrogens with two attached hydrogens (primary N) is 2. The van der Waals surface area contributed by atoms with Gasteiger partial charge in [0.2, 0.25) is 0 Å². The third kappa shape index (κ3) is 15.1. The molecule has 0 bridgehead atoms. The lowest BCUT2D eigenvalue weighted by molar-refractivity contribution is 0.0584. The van der Waals surface area contributed by atoms with Gasteiger partial charge in [-0.15, -0.1) is 0 Å². The maximum absolute atomic E-state index is 9.00. The van der Waals surface area contributed by atoms with Crippen molar-refractivity contribution < 1.29 is 30.0 Å². The number of hydrogen-bond donors (Lipinski definition) is 6. The molecular weight excluding hydrogens is 208 g/mol. The number of rotatable bonds is 5. The molecule has 8 N–H and O–H groups in total. The zero-order valence-corrected chi connectivity index (χ0v) is 8.09. The van der Waals surface area contributed by atoms with Crippen molar-refractivity contribution in [2.75, 3.05) is 19.8 Å². The van der Waals surface area contributed by atoms with Gasteiger partial charge in [-0.3, -0.25) is 0 Å². The molecule has 0 saturated heterocycles. The van der Waals surface area contributed by atoms with Crippen LogP contribution < -0.4 is 11.5 Å². The van der Waals surface area contributed by atoms with E-state index in [1.54, 1.807) is 0 Å². The van der Waals surface area contributed by atoms with E-state index < -0.39 is 24.3 Å². The van der Waals surface area contributed by atoms with Gasteiger partial charge >= 0.3 is 12.0 Å². The lowest BCUT2D eigenvalue weighted by atomic mass is 10.5. The van der Waals surface area contributed by atoms with E-state index in [4.69, 9.17) is 25.2 Å². The number of aliphatic hydroxyl groups excluding tert-OH is 4. The molecule has 0 fully saturated rings. The van der Waals surface area contributed by atoms with Crippen molar-refractivity contribution in [1.29, 1.82) is 0 Å². The molecule has 15 heavy (non-hydrogen) atoms. The van der Waals surface area contributed by atoms with Gasteiger partial charge in [0.15, 0.2) is 5.76 Å². The molecule has 0 unspecified atom stereocenters. The lowest BCUT2D eigenvalue weighted by Gasteiger charge is -2.03. The Morgan fingerprint density at radius 2 is 1.67 bits per heavy atom. The van der Waals surface area contributed by atoms with Gasteiger partial charge in [-0.1, -0.05) is 0 Å². The summed E-state index contributed by atoms with van der Waals surface area (Å²) in [5.41, 5.74) is 8.50. The van der Waals surface area contributed by atoms with E-state index in [0.717, 1.165) is 0 Å². The Balaban J connectivity index is 0. The monoisotopic (exact) mass is 224 g/mol. The first-order valence-corrected chi connectivity index (χ1v) is 3.96. The molecule has 0 aliphatic carbocycles. The predicted octanol–water partition coefficient (Wildman–Crippen LogP) is -1.31. The zero-order valence-electron chi connectivity index (χ0n) is 8.09. The Morgan fingerprint density at radius 1 is 1.20 bits per heavy atom. The van der Waals surface area contributed by atoms with Crippen LogP contribution in [-0.2, 0) is 4.74 Å². The highest BCUT2D eigenvalue weighted by Crippen LogP contribution is 1.98. The van der Waals surface area contributed by atoms with Crippen molar-refractivity contribution in [2.45, 2.75) is 6.42 Å². The minimum absolute atomic E-state index is 0.0484. The Bertz CT molecular complexity index is 202.